The van der Waals surface area contributed by atoms with Crippen LogP contribution in [0.3, 0.4) is 0 Å². The molecule has 0 bridgehead atoms. The fraction of sp³-hybridized carbons (Fsp3) is 0.368. The Labute approximate surface area is 165 Å². The topological polar surface area (TPSA) is 102 Å². The van der Waals surface area contributed by atoms with Crippen molar-refractivity contribution in [2.75, 3.05) is 31.1 Å². The second-order valence-corrected chi connectivity index (χ2v) is 8.15. The standard InChI is InChI=1S/C19H21N5O3S/c1-11-12(2)28-18-16(11)17(25)21-15(22-18)10-23-5-7-24(8-6-23)13-3-4-20-14(9-13)19(26)27/h3-4,9H,5-8,10H2,1-2H3,(H,26,27)(H,21,22,25). The molecular weight excluding hydrogens is 378 g/mol. The van der Waals surface area contributed by atoms with Crippen LogP contribution in [-0.4, -0.2) is 57.1 Å². The minimum absolute atomic E-state index is 0.0524. The maximum Gasteiger partial charge on any atom is 0.354 e. The number of aromatic nitrogens is 3. The Morgan fingerprint density at radius 2 is 2.04 bits per heavy atom. The van der Waals surface area contributed by atoms with E-state index in [9.17, 15) is 9.59 Å². The van der Waals surface area contributed by atoms with Crippen molar-refractivity contribution in [2.24, 2.45) is 0 Å². The van der Waals surface area contributed by atoms with E-state index in [2.05, 4.69) is 24.8 Å². The predicted molar refractivity (Wildman–Crippen MR) is 108 cm³/mol. The first-order valence-corrected chi connectivity index (χ1v) is 9.89. The largest absolute Gasteiger partial charge is 0.477 e. The van der Waals surface area contributed by atoms with Gasteiger partial charge in [-0.25, -0.2) is 14.8 Å². The van der Waals surface area contributed by atoms with Crippen LogP contribution in [0.4, 0.5) is 5.69 Å². The number of aryl methyl sites for hydroxylation is 2. The van der Waals surface area contributed by atoms with Crippen molar-refractivity contribution in [2.45, 2.75) is 20.4 Å². The van der Waals surface area contributed by atoms with Crippen molar-refractivity contribution in [3.05, 3.63) is 50.6 Å². The number of aromatic amines is 1. The highest BCUT2D eigenvalue weighted by molar-refractivity contribution is 7.18. The summed E-state index contributed by atoms with van der Waals surface area (Å²) in [6.07, 6.45) is 1.53. The summed E-state index contributed by atoms with van der Waals surface area (Å²) in [5.41, 5.74) is 1.85. The molecule has 9 heteroatoms. The number of hydrogen-bond donors (Lipinski definition) is 2. The van der Waals surface area contributed by atoms with Crippen molar-refractivity contribution >= 4 is 33.2 Å². The highest BCUT2D eigenvalue weighted by atomic mass is 32.1. The number of carbonyl (C=O) groups is 1. The number of thiophene rings is 1. The third-order valence-corrected chi connectivity index (χ3v) is 6.26. The number of rotatable bonds is 4. The van der Waals surface area contributed by atoms with Crippen LogP contribution in [0.1, 0.15) is 26.8 Å². The quantitative estimate of drug-likeness (QED) is 0.692. The Hall–Kier alpha value is -2.78. The average molecular weight is 399 g/mol. The van der Waals surface area contributed by atoms with E-state index in [1.807, 2.05) is 19.9 Å². The lowest BCUT2D eigenvalue weighted by Crippen LogP contribution is -2.46. The van der Waals surface area contributed by atoms with Gasteiger partial charge in [0.25, 0.3) is 5.56 Å². The number of H-pyrrole nitrogens is 1. The molecule has 0 amide bonds. The summed E-state index contributed by atoms with van der Waals surface area (Å²) in [6.45, 7) is 7.70. The first-order valence-electron chi connectivity index (χ1n) is 9.08. The molecule has 146 valence electrons. The zero-order valence-electron chi connectivity index (χ0n) is 15.7. The van der Waals surface area contributed by atoms with Gasteiger partial charge in [-0.1, -0.05) is 0 Å². The number of hydrogen-bond acceptors (Lipinski definition) is 7. The van der Waals surface area contributed by atoms with E-state index in [-0.39, 0.29) is 11.3 Å². The van der Waals surface area contributed by atoms with E-state index in [0.29, 0.717) is 17.8 Å². The molecule has 1 saturated heterocycles. The van der Waals surface area contributed by atoms with Crippen molar-refractivity contribution in [1.82, 2.24) is 19.9 Å². The molecule has 28 heavy (non-hydrogen) atoms. The molecule has 3 aromatic heterocycles. The Morgan fingerprint density at radius 3 is 2.75 bits per heavy atom. The molecule has 0 aromatic carbocycles. The minimum Gasteiger partial charge on any atom is -0.477 e. The molecule has 8 nitrogen and oxygen atoms in total. The highest BCUT2D eigenvalue weighted by Gasteiger charge is 2.20. The van der Waals surface area contributed by atoms with Crippen LogP contribution >= 0.6 is 11.3 Å². The molecule has 0 saturated carbocycles. The predicted octanol–water partition coefficient (Wildman–Crippen LogP) is 2.02. The monoisotopic (exact) mass is 399 g/mol. The van der Waals surface area contributed by atoms with Crippen LogP contribution in [0.25, 0.3) is 10.2 Å². The molecule has 3 aromatic rings. The molecule has 4 rings (SSSR count). The summed E-state index contributed by atoms with van der Waals surface area (Å²) in [7, 11) is 0. The number of fused-ring (bicyclic) bond motifs is 1. The molecule has 0 spiro atoms. The second kappa shape index (κ2) is 7.33. The lowest BCUT2D eigenvalue weighted by atomic mass is 10.2. The number of carboxylic acids is 1. The number of aromatic carboxylic acids is 1. The molecular formula is C19H21N5O3S. The molecule has 1 aliphatic rings. The van der Waals surface area contributed by atoms with E-state index in [4.69, 9.17) is 5.11 Å². The second-order valence-electron chi connectivity index (χ2n) is 6.94. The third kappa shape index (κ3) is 3.50. The molecule has 0 radical (unpaired) electrons. The summed E-state index contributed by atoms with van der Waals surface area (Å²) in [4.78, 5) is 41.3. The summed E-state index contributed by atoms with van der Waals surface area (Å²) in [5.74, 6) is -0.339. The van der Waals surface area contributed by atoms with Gasteiger partial charge in [0.2, 0.25) is 0 Å². The first-order chi connectivity index (χ1) is 13.4. The van der Waals surface area contributed by atoms with Crippen molar-refractivity contribution in [1.29, 1.82) is 0 Å². The van der Waals surface area contributed by atoms with Gasteiger partial charge in [0.05, 0.1) is 11.9 Å². The number of carboxylic acid groups (broad SMARTS) is 1. The highest BCUT2D eigenvalue weighted by Crippen LogP contribution is 2.26. The Kier molecular flexibility index (Phi) is 4.86. The lowest BCUT2D eigenvalue weighted by molar-refractivity contribution is 0.0690. The number of piperazine rings is 1. The summed E-state index contributed by atoms with van der Waals surface area (Å²) >= 11 is 1.56. The Balaban J connectivity index is 1.45. The average Bonchev–Trinajstić information content (AvgIpc) is 2.96. The van der Waals surface area contributed by atoms with Gasteiger partial charge in [-0.3, -0.25) is 9.69 Å². The fourth-order valence-corrected chi connectivity index (χ4v) is 4.53. The molecule has 1 fully saturated rings. The zero-order valence-corrected chi connectivity index (χ0v) is 16.5. The summed E-state index contributed by atoms with van der Waals surface area (Å²) < 4.78 is 0. The van der Waals surface area contributed by atoms with Gasteiger partial charge in [-0.05, 0) is 31.5 Å². The van der Waals surface area contributed by atoms with Crippen LogP contribution in [0, 0.1) is 13.8 Å². The SMILES string of the molecule is Cc1sc2nc(CN3CCN(c4ccnc(C(=O)O)c4)CC3)[nH]c(=O)c2c1C. The molecule has 0 atom stereocenters. The van der Waals surface area contributed by atoms with Crippen LogP contribution < -0.4 is 10.5 Å². The van der Waals surface area contributed by atoms with E-state index in [0.717, 1.165) is 47.1 Å². The summed E-state index contributed by atoms with van der Waals surface area (Å²) in [6, 6.07) is 3.43. The zero-order chi connectivity index (χ0) is 19.8. The Bertz CT molecular complexity index is 1100. The molecule has 2 N–H and O–H groups in total. The minimum atomic E-state index is -1.02. The van der Waals surface area contributed by atoms with Gasteiger partial charge in [0.1, 0.15) is 16.3 Å². The first kappa shape index (κ1) is 18.6. The van der Waals surface area contributed by atoms with Crippen molar-refractivity contribution < 1.29 is 9.90 Å². The van der Waals surface area contributed by atoms with E-state index in [1.54, 1.807) is 17.4 Å². The molecule has 4 heterocycles. The number of pyridine rings is 1. The van der Waals surface area contributed by atoms with Crippen LogP contribution in [0.5, 0.6) is 0 Å². The van der Waals surface area contributed by atoms with E-state index in [1.165, 1.54) is 6.20 Å². The van der Waals surface area contributed by atoms with E-state index < -0.39 is 5.97 Å². The lowest BCUT2D eigenvalue weighted by Gasteiger charge is -2.35. The van der Waals surface area contributed by atoms with Gasteiger partial charge >= 0.3 is 5.97 Å². The smallest absolute Gasteiger partial charge is 0.354 e. The van der Waals surface area contributed by atoms with Gasteiger partial charge in [-0.2, -0.15) is 0 Å². The van der Waals surface area contributed by atoms with Gasteiger partial charge < -0.3 is 15.0 Å². The van der Waals surface area contributed by atoms with Gasteiger partial charge in [0, 0.05) is 42.9 Å². The number of anilines is 1. The van der Waals surface area contributed by atoms with Crippen LogP contribution in [0.2, 0.25) is 0 Å². The Morgan fingerprint density at radius 1 is 1.29 bits per heavy atom. The molecule has 1 aliphatic heterocycles. The van der Waals surface area contributed by atoms with Crippen molar-refractivity contribution in [3.63, 3.8) is 0 Å². The maximum atomic E-state index is 12.4. The number of nitrogens with one attached hydrogen (secondary N) is 1. The van der Waals surface area contributed by atoms with Crippen LogP contribution in [-0.2, 0) is 6.54 Å². The van der Waals surface area contributed by atoms with Crippen LogP contribution in [0.15, 0.2) is 23.1 Å². The van der Waals surface area contributed by atoms with E-state index >= 15 is 0 Å². The van der Waals surface area contributed by atoms with Gasteiger partial charge in [0.15, 0.2) is 0 Å². The summed E-state index contributed by atoms with van der Waals surface area (Å²) in [5, 5.41) is 9.80. The van der Waals surface area contributed by atoms with Crippen molar-refractivity contribution in [3.8, 4) is 0 Å². The molecule has 0 unspecified atom stereocenters. The number of nitrogens with zero attached hydrogens (tertiary/aromatic N) is 4. The fourth-order valence-electron chi connectivity index (χ4n) is 3.48. The normalized spacial score (nSPS) is 15.3. The maximum absolute atomic E-state index is 12.4. The molecule has 0 aliphatic carbocycles. The third-order valence-electron chi connectivity index (χ3n) is 5.16. The van der Waals surface area contributed by atoms with Gasteiger partial charge in [-0.15, -0.1) is 11.3 Å².